The van der Waals surface area contributed by atoms with Crippen LogP contribution in [0.25, 0.3) is 0 Å². The van der Waals surface area contributed by atoms with Gasteiger partial charge in [-0.25, -0.2) is 4.79 Å². The lowest BCUT2D eigenvalue weighted by molar-refractivity contribution is -0.145. The fourth-order valence-corrected chi connectivity index (χ4v) is 3.98. The summed E-state index contributed by atoms with van der Waals surface area (Å²) < 4.78 is 0.702. The number of benzene rings is 1. The number of aromatic hydroxyl groups is 2. The van der Waals surface area contributed by atoms with Gasteiger partial charge in [0.15, 0.2) is 5.78 Å². The summed E-state index contributed by atoms with van der Waals surface area (Å²) in [6.45, 7) is 0.769. The van der Waals surface area contributed by atoms with Gasteiger partial charge in [0.1, 0.15) is 0 Å². The van der Waals surface area contributed by atoms with E-state index in [2.05, 4.69) is 17.1 Å². The van der Waals surface area contributed by atoms with Gasteiger partial charge in [0.25, 0.3) is 0 Å². The largest absolute Gasteiger partial charge is 0.492 e. The average molecular weight is 408 g/mol. The second-order valence-corrected chi connectivity index (χ2v) is 7.43. The molecular formula is C23H24N2O5. The van der Waals surface area contributed by atoms with E-state index >= 15 is 0 Å². The van der Waals surface area contributed by atoms with E-state index in [4.69, 9.17) is 4.84 Å². The number of allylic oxidation sites excluding steroid dienone is 2. The van der Waals surface area contributed by atoms with E-state index in [1.165, 1.54) is 12.1 Å². The van der Waals surface area contributed by atoms with Gasteiger partial charge in [0, 0.05) is 41.9 Å². The molecular weight excluding hydrogens is 384 g/mol. The van der Waals surface area contributed by atoms with Crippen molar-refractivity contribution in [3.8, 4) is 11.8 Å². The number of ketones is 1. The zero-order valence-corrected chi connectivity index (χ0v) is 16.5. The standard InChI is InChI=1S/C23H24N2O5/c26-20-13-14-21(27)25(20)30-22(28)12-2-1-7-15-24-18-10-5-3-8-16(18)23(29)17-9-4-6-11-19(17)24/h3,5-6,8-11,13-14,19,26-27H,1-2,4,7,12,15H2. The number of carbonyl (C=O) groups excluding carboxylic acids is 2. The van der Waals surface area contributed by atoms with Gasteiger partial charge in [-0.3, -0.25) is 4.79 Å². The van der Waals surface area contributed by atoms with Crippen LogP contribution in [-0.2, 0) is 4.79 Å². The topological polar surface area (TPSA) is 92.0 Å². The molecule has 2 aliphatic rings. The highest BCUT2D eigenvalue weighted by molar-refractivity contribution is 6.15. The lowest BCUT2D eigenvalue weighted by atomic mass is 9.86. The molecule has 1 aromatic heterocycles. The molecule has 0 fully saturated rings. The predicted molar refractivity (Wildman–Crippen MR) is 112 cm³/mol. The minimum Gasteiger partial charge on any atom is -0.492 e. The van der Waals surface area contributed by atoms with Crippen molar-refractivity contribution in [1.29, 1.82) is 0 Å². The molecule has 0 saturated carbocycles. The van der Waals surface area contributed by atoms with E-state index in [1.54, 1.807) is 0 Å². The number of Topliss-reactive ketones (excluding diaryl/α,β-unsaturated/α-hetero) is 1. The molecule has 1 aliphatic carbocycles. The second kappa shape index (κ2) is 8.49. The van der Waals surface area contributed by atoms with E-state index in [0.717, 1.165) is 42.6 Å². The molecule has 1 aromatic carbocycles. The average Bonchev–Trinajstić information content (AvgIpc) is 3.07. The monoisotopic (exact) mass is 408 g/mol. The van der Waals surface area contributed by atoms with Crippen LogP contribution in [0.4, 0.5) is 5.69 Å². The molecule has 1 atom stereocenters. The van der Waals surface area contributed by atoms with Gasteiger partial charge in [-0.05, 0) is 31.4 Å². The van der Waals surface area contributed by atoms with Gasteiger partial charge in [0.05, 0.1) is 6.04 Å². The highest BCUT2D eigenvalue weighted by atomic mass is 16.7. The number of para-hydroxylation sites is 1. The smallest absolute Gasteiger partial charge is 0.333 e. The zero-order valence-electron chi connectivity index (χ0n) is 16.5. The number of carbonyl (C=O) groups is 2. The van der Waals surface area contributed by atoms with Gasteiger partial charge in [0.2, 0.25) is 11.8 Å². The third-order valence-corrected chi connectivity index (χ3v) is 5.44. The summed E-state index contributed by atoms with van der Waals surface area (Å²) in [7, 11) is 0. The minimum absolute atomic E-state index is 0.0363. The van der Waals surface area contributed by atoms with Gasteiger partial charge in [-0.15, -0.1) is 4.73 Å². The lowest BCUT2D eigenvalue weighted by Crippen LogP contribution is -2.43. The summed E-state index contributed by atoms with van der Waals surface area (Å²) in [5.41, 5.74) is 2.53. The molecule has 7 nitrogen and oxygen atoms in total. The molecule has 30 heavy (non-hydrogen) atoms. The van der Waals surface area contributed by atoms with Crippen molar-refractivity contribution in [3.05, 3.63) is 65.8 Å². The molecule has 0 saturated heterocycles. The van der Waals surface area contributed by atoms with Crippen molar-refractivity contribution in [3.63, 3.8) is 0 Å². The van der Waals surface area contributed by atoms with Crippen molar-refractivity contribution in [1.82, 2.24) is 4.73 Å². The lowest BCUT2D eigenvalue weighted by Gasteiger charge is -2.39. The van der Waals surface area contributed by atoms with Crippen molar-refractivity contribution in [2.75, 3.05) is 11.4 Å². The second-order valence-electron chi connectivity index (χ2n) is 7.43. The molecule has 7 heteroatoms. The Kier molecular flexibility index (Phi) is 5.61. The molecule has 0 amide bonds. The summed E-state index contributed by atoms with van der Waals surface area (Å²) >= 11 is 0. The van der Waals surface area contributed by atoms with E-state index in [-0.39, 0.29) is 30.0 Å². The van der Waals surface area contributed by atoms with E-state index in [0.29, 0.717) is 11.2 Å². The fourth-order valence-electron chi connectivity index (χ4n) is 3.98. The first kappa shape index (κ1) is 19.8. The predicted octanol–water partition coefficient (Wildman–Crippen LogP) is 3.37. The maximum atomic E-state index is 12.8. The molecule has 2 N–H and O–H groups in total. The SMILES string of the molecule is O=C(CCCCCN1c2ccccc2C(=O)C2=CCC=CC21)On1c(O)ccc1O. The quantitative estimate of drug-likeness (QED) is 0.539. The number of hydrogen-bond donors (Lipinski definition) is 2. The maximum Gasteiger partial charge on any atom is 0.333 e. The molecule has 1 unspecified atom stereocenters. The Morgan fingerprint density at radius 2 is 1.83 bits per heavy atom. The molecule has 0 bridgehead atoms. The normalized spacial score (nSPS) is 17.3. The molecule has 2 aromatic rings. The number of nitrogens with zero attached hydrogens (tertiary/aromatic N) is 2. The number of fused-ring (bicyclic) bond motifs is 2. The summed E-state index contributed by atoms with van der Waals surface area (Å²) in [4.78, 5) is 32.0. The van der Waals surface area contributed by atoms with E-state index < -0.39 is 5.97 Å². The van der Waals surface area contributed by atoms with Gasteiger partial charge >= 0.3 is 5.97 Å². The first-order valence-corrected chi connectivity index (χ1v) is 10.1. The minimum atomic E-state index is -0.522. The van der Waals surface area contributed by atoms with Gasteiger partial charge in [-0.2, -0.15) is 0 Å². The summed E-state index contributed by atoms with van der Waals surface area (Å²) in [6.07, 6.45) is 9.44. The fraction of sp³-hybridized carbons (Fsp3) is 0.304. The Labute approximate surface area is 174 Å². The molecule has 0 spiro atoms. The van der Waals surface area contributed by atoms with Crippen LogP contribution in [0.3, 0.4) is 0 Å². The zero-order chi connectivity index (χ0) is 21.1. The third-order valence-electron chi connectivity index (χ3n) is 5.44. The number of hydrogen-bond acceptors (Lipinski definition) is 6. The Bertz CT molecular complexity index is 1000. The van der Waals surface area contributed by atoms with E-state index in [1.807, 2.05) is 30.3 Å². The van der Waals surface area contributed by atoms with E-state index in [9.17, 15) is 19.8 Å². The van der Waals surface area contributed by atoms with Gasteiger partial charge in [-0.1, -0.05) is 36.8 Å². The third kappa shape index (κ3) is 3.83. The van der Waals surface area contributed by atoms with Crippen molar-refractivity contribution < 1.29 is 24.6 Å². The van der Waals surface area contributed by atoms with Crippen LogP contribution in [0.1, 0.15) is 42.5 Å². The van der Waals surface area contributed by atoms with Crippen LogP contribution in [0.5, 0.6) is 11.8 Å². The van der Waals surface area contributed by atoms with Crippen molar-refractivity contribution >= 4 is 17.4 Å². The first-order chi connectivity index (χ1) is 14.6. The molecule has 156 valence electrons. The number of rotatable bonds is 7. The van der Waals surface area contributed by atoms with Crippen LogP contribution in [0.2, 0.25) is 0 Å². The van der Waals surface area contributed by atoms with Crippen LogP contribution in [0.15, 0.2) is 60.2 Å². The van der Waals surface area contributed by atoms with Crippen LogP contribution >= 0.6 is 0 Å². The summed E-state index contributed by atoms with van der Waals surface area (Å²) in [6, 6.07) is 10.1. The summed E-state index contributed by atoms with van der Waals surface area (Å²) in [5.74, 6) is -1.08. The number of aromatic nitrogens is 1. The van der Waals surface area contributed by atoms with Gasteiger partial charge < -0.3 is 20.0 Å². The number of anilines is 1. The highest BCUT2D eigenvalue weighted by Crippen LogP contribution is 2.36. The molecule has 4 rings (SSSR count). The van der Waals surface area contributed by atoms with Crippen LogP contribution < -0.4 is 9.74 Å². The maximum absolute atomic E-state index is 12.8. The Balaban J connectivity index is 1.32. The molecule has 0 radical (unpaired) electrons. The number of unbranched alkanes of at least 4 members (excludes halogenated alkanes) is 2. The Morgan fingerprint density at radius 1 is 1.07 bits per heavy atom. The first-order valence-electron chi connectivity index (χ1n) is 10.1. The van der Waals surface area contributed by atoms with Crippen LogP contribution in [0, 0.1) is 0 Å². The van der Waals surface area contributed by atoms with Crippen molar-refractivity contribution in [2.24, 2.45) is 0 Å². The molecule has 1 aliphatic heterocycles. The Hall–Kier alpha value is -3.48. The molecule has 2 heterocycles. The summed E-state index contributed by atoms with van der Waals surface area (Å²) in [5, 5.41) is 19.0. The Morgan fingerprint density at radius 3 is 2.63 bits per heavy atom. The van der Waals surface area contributed by atoms with Crippen LogP contribution in [-0.4, -0.2) is 39.3 Å². The highest BCUT2D eigenvalue weighted by Gasteiger charge is 2.34. The van der Waals surface area contributed by atoms with Crippen molar-refractivity contribution in [2.45, 2.75) is 38.1 Å².